The second kappa shape index (κ2) is 9.24. The predicted octanol–water partition coefficient (Wildman–Crippen LogP) is 3.42. The zero-order valence-electron chi connectivity index (χ0n) is 15.1. The van der Waals surface area contributed by atoms with Gasteiger partial charge in [0.2, 0.25) is 0 Å². The Morgan fingerprint density at radius 2 is 1.82 bits per heavy atom. The monoisotopic (exact) mass is 310 g/mol. The van der Waals surface area contributed by atoms with Gasteiger partial charge in [0.15, 0.2) is 0 Å². The highest BCUT2D eigenvalue weighted by Gasteiger charge is 2.30. The lowest BCUT2D eigenvalue weighted by atomic mass is 9.85. The summed E-state index contributed by atoms with van der Waals surface area (Å²) in [6.45, 7) is 10.1. The summed E-state index contributed by atoms with van der Waals surface area (Å²) < 4.78 is 0. The van der Waals surface area contributed by atoms with Crippen molar-refractivity contribution in [2.75, 3.05) is 19.6 Å². The van der Waals surface area contributed by atoms with Crippen molar-refractivity contribution in [3.8, 4) is 0 Å². The van der Waals surface area contributed by atoms with Crippen molar-refractivity contribution >= 4 is 0 Å². The third kappa shape index (κ3) is 5.82. The molecule has 2 N–H and O–H groups in total. The zero-order chi connectivity index (χ0) is 15.9. The predicted molar refractivity (Wildman–Crippen MR) is 94.1 cm³/mol. The van der Waals surface area contributed by atoms with E-state index in [9.17, 15) is 5.11 Å². The molecule has 1 saturated carbocycles. The molecule has 0 bridgehead atoms. The Morgan fingerprint density at radius 3 is 2.45 bits per heavy atom. The van der Waals surface area contributed by atoms with Gasteiger partial charge in [0.1, 0.15) is 0 Å². The van der Waals surface area contributed by atoms with Crippen molar-refractivity contribution in [3.05, 3.63) is 0 Å². The van der Waals surface area contributed by atoms with E-state index >= 15 is 0 Å². The SMILES string of the molecule is CCCN1CC(CC(O)C(C)C)CC(NC2CCCCC2)C1. The van der Waals surface area contributed by atoms with Crippen LogP contribution in [0.5, 0.6) is 0 Å². The Morgan fingerprint density at radius 1 is 1.09 bits per heavy atom. The van der Waals surface area contributed by atoms with E-state index < -0.39 is 0 Å². The lowest BCUT2D eigenvalue weighted by Gasteiger charge is -2.41. The summed E-state index contributed by atoms with van der Waals surface area (Å²) in [5, 5.41) is 14.2. The first kappa shape index (κ1) is 18.2. The van der Waals surface area contributed by atoms with Gasteiger partial charge in [-0.25, -0.2) is 0 Å². The average Bonchev–Trinajstić information content (AvgIpc) is 2.48. The third-order valence-corrected chi connectivity index (χ3v) is 5.57. The van der Waals surface area contributed by atoms with Crippen LogP contribution in [0, 0.1) is 11.8 Å². The van der Waals surface area contributed by atoms with Crippen LogP contribution in [0.1, 0.15) is 72.1 Å². The highest BCUT2D eigenvalue weighted by molar-refractivity contribution is 4.87. The van der Waals surface area contributed by atoms with Crippen LogP contribution in [0.4, 0.5) is 0 Å². The highest BCUT2D eigenvalue weighted by Crippen LogP contribution is 2.26. The molecule has 22 heavy (non-hydrogen) atoms. The summed E-state index contributed by atoms with van der Waals surface area (Å²) >= 11 is 0. The van der Waals surface area contributed by atoms with Crippen LogP contribution < -0.4 is 5.32 Å². The maximum Gasteiger partial charge on any atom is 0.0566 e. The van der Waals surface area contributed by atoms with Crippen molar-refractivity contribution in [1.29, 1.82) is 0 Å². The summed E-state index contributed by atoms with van der Waals surface area (Å²) in [7, 11) is 0. The fourth-order valence-corrected chi connectivity index (χ4v) is 4.31. The van der Waals surface area contributed by atoms with E-state index in [1.54, 1.807) is 0 Å². The molecule has 0 aromatic carbocycles. The average molecular weight is 311 g/mol. The van der Waals surface area contributed by atoms with E-state index in [4.69, 9.17) is 0 Å². The molecule has 2 aliphatic rings. The molecule has 3 unspecified atom stereocenters. The molecule has 1 saturated heterocycles. The van der Waals surface area contributed by atoms with Crippen LogP contribution in [0.25, 0.3) is 0 Å². The Bertz CT molecular complexity index is 302. The number of aliphatic hydroxyl groups is 1. The van der Waals surface area contributed by atoms with Crippen molar-refractivity contribution in [2.45, 2.75) is 90.3 Å². The second-order valence-electron chi connectivity index (χ2n) is 8.11. The number of nitrogens with one attached hydrogen (secondary N) is 1. The Hall–Kier alpha value is -0.120. The standard InChI is InChI=1S/C19H38N2O/c1-4-10-21-13-16(12-19(22)15(2)3)11-18(14-21)20-17-8-6-5-7-9-17/h15-20,22H,4-14H2,1-3H3. The first-order chi connectivity index (χ1) is 10.6. The molecule has 130 valence electrons. The minimum absolute atomic E-state index is 0.137. The quantitative estimate of drug-likeness (QED) is 0.756. The van der Waals surface area contributed by atoms with Gasteiger partial charge >= 0.3 is 0 Å². The van der Waals surface area contributed by atoms with Gasteiger partial charge in [-0.2, -0.15) is 0 Å². The van der Waals surface area contributed by atoms with Gasteiger partial charge in [-0.3, -0.25) is 0 Å². The molecular weight excluding hydrogens is 272 g/mol. The van der Waals surface area contributed by atoms with Crippen LogP contribution in [0.2, 0.25) is 0 Å². The molecule has 0 aromatic rings. The molecule has 3 heteroatoms. The van der Waals surface area contributed by atoms with Crippen molar-refractivity contribution in [2.24, 2.45) is 11.8 Å². The van der Waals surface area contributed by atoms with E-state index in [0.29, 0.717) is 17.9 Å². The van der Waals surface area contributed by atoms with E-state index in [2.05, 4.69) is 31.0 Å². The molecular formula is C19H38N2O. The van der Waals surface area contributed by atoms with Gasteiger partial charge in [-0.1, -0.05) is 40.0 Å². The molecule has 2 fully saturated rings. The maximum absolute atomic E-state index is 10.3. The summed E-state index contributed by atoms with van der Waals surface area (Å²) in [5.41, 5.74) is 0. The number of aliphatic hydroxyl groups excluding tert-OH is 1. The fraction of sp³-hybridized carbons (Fsp3) is 1.00. The Labute approximate surface area is 137 Å². The van der Waals surface area contributed by atoms with Gasteiger partial charge in [-0.05, 0) is 50.5 Å². The lowest BCUT2D eigenvalue weighted by Crippen LogP contribution is -2.52. The minimum atomic E-state index is -0.137. The molecule has 2 rings (SSSR count). The van der Waals surface area contributed by atoms with E-state index in [-0.39, 0.29) is 6.10 Å². The number of nitrogens with zero attached hydrogens (tertiary/aromatic N) is 1. The third-order valence-electron chi connectivity index (χ3n) is 5.57. The largest absolute Gasteiger partial charge is 0.393 e. The molecule has 0 spiro atoms. The molecule has 0 radical (unpaired) electrons. The van der Waals surface area contributed by atoms with Gasteiger partial charge in [0.25, 0.3) is 0 Å². The summed E-state index contributed by atoms with van der Waals surface area (Å²) in [4.78, 5) is 2.63. The highest BCUT2D eigenvalue weighted by atomic mass is 16.3. The zero-order valence-corrected chi connectivity index (χ0v) is 15.1. The van der Waals surface area contributed by atoms with Gasteiger partial charge in [-0.15, -0.1) is 0 Å². The van der Waals surface area contributed by atoms with Crippen LogP contribution in [-0.4, -0.2) is 47.8 Å². The number of hydrogen-bond donors (Lipinski definition) is 2. The normalized spacial score (nSPS) is 29.9. The fourth-order valence-electron chi connectivity index (χ4n) is 4.31. The maximum atomic E-state index is 10.3. The molecule has 0 amide bonds. The molecule has 1 aliphatic heterocycles. The van der Waals surface area contributed by atoms with Crippen LogP contribution in [0.15, 0.2) is 0 Å². The van der Waals surface area contributed by atoms with Crippen LogP contribution in [0.3, 0.4) is 0 Å². The summed E-state index contributed by atoms with van der Waals surface area (Å²) in [6.07, 6.45) is 10.3. The van der Waals surface area contributed by atoms with Crippen molar-refractivity contribution in [3.63, 3.8) is 0 Å². The molecule has 3 nitrogen and oxygen atoms in total. The minimum Gasteiger partial charge on any atom is -0.393 e. The van der Waals surface area contributed by atoms with Gasteiger partial charge in [0, 0.05) is 25.2 Å². The number of rotatable bonds is 7. The molecule has 3 atom stereocenters. The van der Waals surface area contributed by atoms with Crippen LogP contribution >= 0.6 is 0 Å². The van der Waals surface area contributed by atoms with E-state index in [0.717, 1.165) is 12.5 Å². The first-order valence-electron chi connectivity index (χ1n) is 9.75. The van der Waals surface area contributed by atoms with Crippen molar-refractivity contribution in [1.82, 2.24) is 10.2 Å². The number of piperidine rings is 1. The Kier molecular flexibility index (Phi) is 7.66. The number of likely N-dealkylation sites (tertiary alicyclic amines) is 1. The Balaban J connectivity index is 1.87. The second-order valence-corrected chi connectivity index (χ2v) is 8.11. The molecule has 1 aliphatic carbocycles. The van der Waals surface area contributed by atoms with E-state index in [1.807, 2.05) is 0 Å². The number of hydrogen-bond acceptors (Lipinski definition) is 3. The van der Waals surface area contributed by atoms with E-state index in [1.165, 1.54) is 64.6 Å². The topological polar surface area (TPSA) is 35.5 Å². The van der Waals surface area contributed by atoms with Gasteiger partial charge < -0.3 is 15.3 Å². The summed E-state index contributed by atoms with van der Waals surface area (Å²) in [5.74, 6) is 1.03. The molecule has 1 heterocycles. The smallest absolute Gasteiger partial charge is 0.0566 e. The van der Waals surface area contributed by atoms with Gasteiger partial charge in [0.05, 0.1) is 6.10 Å². The van der Waals surface area contributed by atoms with Crippen molar-refractivity contribution < 1.29 is 5.11 Å². The first-order valence-corrected chi connectivity index (χ1v) is 9.75. The molecule has 0 aromatic heterocycles. The van der Waals surface area contributed by atoms with Crippen LogP contribution in [-0.2, 0) is 0 Å². The summed E-state index contributed by atoms with van der Waals surface area (Å²) in [6, 6.07) is 1.38. The lowest BCUT2D eigenvalue weighted by molar-refractivity contribution is 0.0591.